The van der Waals surface area contributed by atoms with Gasteiger partial charge in [-0.1, -0.05) is 20.3 Å². The number of hydrogen-bond acceptors (Lipinski definition) is 4. The molecule has 0 aliphatic carbocycles. The number of carbonyl (C=O) groups is 1. The van der Waals surface area contributed by atoms with Crippen molar-refractivity contribution in [3.05, 3.63) is 23.3 Å². The molecule has 118 valence electrons. The second-order valence-corrected chi connectivity index (χ2v) is 6.92. The second kappa shape index (κ2) is 6.55. The number of aryl methyl sites for hydroxylation is 1. The zero-order valence-corrected chi connectivity index (χ0v) is 13.6. The van der Waals surface area contributed by atoms with Gasteiger partial charge >= 0.3 is 0 Å². The van der Waals surface area contributed by atoms with Gasteiger partial charge in [-0.05, 0) is 43.0 Å². The molecule has 0 radical (unpaired) electrons. The first kappa shape index (κ1) is 17.6. The smallest absolute Gasteiger partial charge is 0.241 e. The predicted molar refractivity (Wildman–Crippen MR) is 83.3 cm³/mol. The fourth-order valence-electron chi connectivity index (χ4n) is 1.85. The van der Waals surface area contributed by atoms with Gasteiger partial charge in [0.15, 0.2) is 0 Å². The van der Waals surface area contributed by atoms with E-state index in [0.717, 1.165) is 17.5 Å². The molecule has 7 heteroatoms. The summed E-state index contributed by atoms with van der Waals surface area (Å²) in [7, 11) is -3.82. The monoisotopic (exact) mass is 313 g/mol. The lowest BCUT2D eigenvalue weighted by molar-refractivity contribution is -0.118. The Morgan fingerprint density at radius 3 is 2.38 bits per heavy atom. The topological polar surface area (TPSA) is 115 Å². The third-order valence-electron chi connectivity index (χ3n) is 3.79. The van der Waals surface area contributed by atoms with Crippen molar-refractivity contribution in [2.24, 2.45) is 16.8 Å². The summed E-state index contributed by atoms with van der Waals surface area (Å²) in [6.45, 7) is 7.40. The zero-order chi connectivity index (χ0) is 16.4. The highest BCUT2D eigenvalue weighted by Crippen LogP contribution is 2.24. The number of benzene rings is 1. The molecule has 0 fully saturated rings. The van der Waals surface area contributed by atoms with E-state index in [1.165, 1.54) is 12.1 Å². The molecule has 0 spiro atoms. The van der Waals surface area contributed by atoms with Gasteiger partial charge in [-0.15, -0.1) is 0 Å². The highest BCUT2D eigenvalue weighted by Gasteiger charge is 2.21. The standard InChI is InChI=1S/C14H23N3O3S/c1-5-8(2)13(15)14(18)17-12-7-11(21(16,19)20)6-9(3)10(12)4/h6-8,13H,5,15H2,1-4H3,(H,17,18)(H2,16,19,20). The minimum absolute atomic E-state index is 0.0296. The van der Waals surface area contributed by atoms with E-state index in [2.05, 4.69) is 5.32 Å². The van der Waals surface area contributed by atoms with Crippen LogP contribution in [0.3, 0.4) is 0 Å². The lowest BCUT2D eigenvalue weighted by atomic mass is 9.99. The number of nitrogens with one attached hydrogen (secondary N) is 1. The molecular weight excluding hydrogens is 290 g/mol. The van der Waals surface area contributed by atoms with Gasteiger partial charge in [-0.2, -0.15) is 0 Å². The van der Waals surface area contributed by atoms with Gasteiger partial charge in [0.1, 0.15) is 0 Å². The lowest BCUT2D eigenvalue weighted by Gasteiger charge is -2.19. The third kappa shape index (κ3) is 4.26. The van der Waals surface area contributed by atoms with E-state index in [9.17, 15) is 13.2 Å². The minimum atomic E-state index is -3.82. The number of hydrogen-bond donors (Lipinski definition) is 3. The van der Waals surface area contributed by atoms with Gasteiger partial charge in [0.2, 0.25) is 15.9 Å². The van der Waals surface area contributed by atoms with E-state index in [4.69, 9.17) is 10.9 Å². The molecule has 1 amide bonds. The molecule has 6 nitrogen and oxygen atoms in total. The molecule has 0 aliphatic rings. The second-order valence-electron chi connectivity index (χ2n) is 5.36. The fourth-order valence-corrected chi connectivity index (χ4v) is 2.47. The van der Waals surface area contributed by atoms with Gasteiger partial charge in [0, 0.05) is 5.69 Å². The van der Waals surface area contributed by atoms with Gasteiger partial charge < -0.3 is 11.1 Å². The maximum atomic E-state index is 12.1. The van der Waals surface area contributed by atoms with Gasteiger partial charge in [-0.25, -0.2) is 13.6 Å². The van der Waals surface area contributed by atoms with Crippen molar-refractivity contribution in [2.45, 2.75) is 45.1 Å². The van der Waals surface area contributed by atoms with E-state index >= 15 is 0 Å². The van der Waals surface area contributed by atoms with Crippen molar-refractivity contribution >= 4 is 21.6 Å². The molecule has 0 bridgehead atoms. The molecule has 2 unspecified atom stereocenters. The molecule has 1 aromatic carbocycles. The molecule has 0 aromatic heterocycles. The summed E-state index contributed by atoms with van der Waals surface area (Å²) in [5.41, 5.74) is 7.81. The molecule has 0 saturated heterocycles. The summed E-state index contributed by atoms with van der Waals surface area (Å²) < 4.78 is 22.9. The van der Waals surface area contributed by atoms with Crippen molar-refractivity contribution in [3.63, 3.8) is 0 Å². The van der Waals surface area contributed by atoms with E-state index in [-0.39, 0.29) is 16.7 Å². The summed E-state index contributed by atoms with van der Waals surface area (Å²) in [6, 6.07) is 2.20. The first-order valence-electron chi connectivity index (χ1n) is 6.78. The molecule has 5 N–H and O–H groups in total. The third-order valence-corrected chi connectivity index (χ3v) is 4.68. The number of sulfonamides is 1. The maximum Gasteiger partial charge on any atom is 0.241 e. The maximum absolute atomic E-state index is 12.1. The van der Waals surface area contributed by atoms with Crippen molar-refractivity contribution in [1.29, 1.82) is 0 Å². The molecule has 0 heterocycles. The Morgan fingerprint density at radius 2 is 1.90 bits per heavy atom. The van der Waals surface area contributed by atoms with Crippen LogP contribution in [0.25, 0.3) is 0 Å². The van der Waals surface area contributed by atoms with Crippen molar-refractivity contribution < 1.29 is 13.2 Å². The van der Waals surface area contributed by atoms with Crippen LogP contribution in [0.15, 0.2) is 17.0 Å². The van der Waals surface area contributed by atoms with E-state index in [1.807, 2.05) is 13.8 Å². The fraction of sp³-hybridized carbons (Fsp3) is 0.500. The summed E-state index contributed by atoms with van der Waals surface area (Å²) in [4.78, 5) is 12.1. The molecule has 1 aromatic rings. The van der Waals surface area contributed by atoms with Crippen LogP contribution in [-0.2, 0) is 14.8 Å². The lowest BCUT2D eigenvalue weighted by Crippen LogP contribution is -2.40. The van der Waals surface area contributed by atoms with Crippen molar-refractivity contribution in [2.75, 3.05) is 5.32 Å². The Hall–Kier alpha value is -1.44. The van der Waals surface area contributed by atoms with Crippen molar-refractivity contribution in [3.8, 4) is 0 Å². The summed E-state index contributed by atoms with van der Waals surface area (Å²) in [5, 5.41) is 7.83. The van der Waals surface area contributed by atoms with Crippen LogP contribution in [0.2, 0.25) is 0 Å². The van der Waals surface area contributed by atoms with Crippen molar-refractivity contribution in [1.82, 2.24) is 0 Å². The molecule has 0 saturated carbocycles. The Kier molecular flexibility index (Phi) is 5.49. The largest absolute Gasteiger partial charge is 0.324 e. The van der Waals surface area contributed by atoms with E-state index in [0.29, 0.717) is 5.69 Å². The van der Waals surface area contributed by atoms with Gasteiger partial charge in [-0.3, -0.25) is 4.79 Å². The van der Waals surface area contributed by atoms with Crippen LogP contribution in [0.1, 0.15) is 31.4 Å². The Bertz CT molecular complexity index is 641. The Morgan fingerprint density at radius 1 is 1.33 bits per heavy atom. The first-order valence-corrected chi connectivity index (χ1v) is 8.33. The molecule has 1 rings (SSSR count). The first-order chi connectivity index (χ1) is 9.57. The van der Waals surface area contributed by atoms with Crippen LogP contribution < -0.4 is 16.2 Å². The average Bonchev–Trinajstić information content (AvgIpc) is 2.40. The van der Waals surface area contributed by atoms with Crippen LogP contribution in [0.4, 0.5) is 5.69 Å². The highest BCUT2D eigenvalue weighted by atomic mass is 32.2. The molecular formula is C14H23N3O3S. The zero-order valence-electron chi connectivity index (χ0n) is 12.8. The number of rotatable bonds is 5. The number of nitrogens with two attached hydrogens (primary N) is 2. The van der Waals surface area contributed by atoms with E-state index < -0.39 is 16.1 Å². The predicted octanol–water partition coefficient (Wildman–Crippen LogP) is 1.26. The minimum Gasteiger partial charge on any atom is -0.324 e. The normalized spacial score (nSPS) is 14.6. The van der Waals surface area contributed by atoms with E-state index in [1.54, 1.807) is 13.8 Å². The number of anilines is 1. The number of primary sulfonamides is 1. The summed E-state index contributed by atoms with van der Waals surface area (Å²) >= 11 is 0. The quantitative estimate of drug-likeness (QED) is 0.759. The average molecular weight is 313 g/mol. The summed E-state index contributed by atoms with van der Waals surface area (Å²) in [6.07, 6.45) is 0.782. The summed E-state index contributed by atoms with van der Waals surface area (Å²) in [5.74, 6) is -0.300. The number of amides is 1. The van der Waals surface area contributed by atoms with Crippen LogP contribution >= 0.6 is 0 Å². The molecule has 0 aliphatic heterocycles. The molecule has 2 atom stereocenters. The Balaban J connectivity index is 3.14. The SMILES string of the molecule is CCC(C)C(N)C(=O)Nc1cc(S(N)(=O)=O)cc(C)c1C. The van der Waals surface area contributed by atoms with Crippen LogP contribution in [0.5, 0.6) is 0 Å². The van der Waals surface area contributed by atoms with Crippen LogP contribution in [-0.4, -0.2) is 20.4 Å². The van der Waals surface area contributed by atoms with Gasteiger partial charge in [0.25, 0.3) is 0 Å². The Labute approximate surface area is 126 Å². The molecule has 21 heavy (non-hydrogen) atoms. The van der Waals surface area contributed by atoms with Gasteiger partial charge in [0.05, 0.1) is 10.9 Å². The highest BCUT2D eigenvalue weighted by molar-refractivity contribution is 7.89. The van der Waals surface area contributed by atoms with Crippen LogP contribution in [0, 0.1) is 19.8 Å². The number of carbonyl (C=O) groups excluding carboxylic acids is 1.